The molecule has 1 aliphatic carbocycles. The number of hydrogen-bond acceptors (Lipinski definition) is 6. The summed E-state index contributed by atoms with van der Waals surface area (Å²) in [6.07, 6.45) is 5.09. The zero-order valence-corrected chi connectivity index (χ0v) is 14.5. The van der Waals surface area contributed by atoms with E-state index in [2.05, 4.69) is 25.6 Å². The van der Waals surface area contributed by atoms with Crippen LogP contribution in [-0.4, -0.2) is 38.3 Å². The largest absolute Gasteiger partial charge is 0.418 e. The summed E-state index contributed by atoms with van der Waals surface area (Å²) >= 11 is 6.30. The molecule has 2 aromatic heterocycles. The first-order chi connectivity index (χ1) is 12.0. The van der Waals surface area contributed by atoms with E-state index in [1.165, 1.54) is 6.20 Å². The second kappa shape index (κ2) is 6.33. The predicted octanol–water partition coefficient (Wildman–Crippen LogP) is 1.62. The molecule has 0 radical (unpaired) electrons. The quantitative estimate of drug-likeness (QED) is 0.712. The van der Waals surface area contributed by atoms with Crippen molar-refractivity contribution in [2.45, 2.75) is 50.1 Å². The first kappa shape index (κ1) is 16.4. The van der Waals surface area contributed by atoms with Crippen molar-refractivity contribution in [1.29, 1.82) is 0 Å². The molecule has 1 amide bonds. The van der Waals surface area contributed by atoms with Gasteiger partial charge in [0.2, 0.25) is 11.9 Å². The maximum atomic E-state index is 12.5. The highest BCUT2D eigenvalue weighted by atomic mass is 35.5. The summed E-state index contributed by atoms with van der Waals surface area (Å²) in [5.74, 6) is 0.0840. The minimum absolute atomic E-state index is 0.0621. The van der Waals surface area contributed by atoms with Gasteiger partial charge in [-0.05, 0) is 38.5 Å². The SMILES string of the molecule is C[C@H](Nc1ncc2oc(=O)[nH]c2n1)C1CC2CC(Cl)CCC2NC1=O. The molecule has 2 fully saturated rings. The maximum absolute atomic E-state index is 12.5. The highest BCUT2D eigenvalue weighted by Crippen LogP contribution is 2.36. The number of fused-ring (bicyclic) bond motifs is 2. The lowest BCUT2D eigenvalue weighted by Gasteiger charge is -2.42. The number of alkyl halides is 1. The topological polar surface area (TPSA) is 113 Å². The molecule has 134 valence electrons. The third kappa shape index (κ3) is 3.22. The van der Waals surface area contributed by atoms with E-state index >= 15 is 0 Å². The van der Waals surface area contributed by atoms with E-state index < -0.39 is 5.76 Å². The molecule has 8 nitrogen and oxygen atoms in total. The number of nitrogens with one attached hydrogen (secondary N) is 3. The number of rotatable bonds is 3. The predicted molar refractivity (Wildman–Crippen MR) is 92.5 cm³/mol. The van der Waals surface area contributed by atoms with Gasteiger partial charge < -0.3 is 15.1 Å². The highest BCUT2D eigenvalue weighted by Gasteiger charge is 2.41. The van der Waals surface area contributed by atoms with Gasteiger partial charge in [0.15, 0.2) is 11.2 Å². The van der Waals surface area contributed by atoms with Crippen LogP contribution in [0.25, 0.3) is 11.2 Å². The molecule has 2 aliphatic rings. The van der Waals surface area contributed by atoms with Gasteiger partial charge >= 0.3 is 5.76 Å². The molecular weight excluding hydrogens is 346 g/mol. The maximum Gasteiger partial charge on any atom is 0.418 e. The number of H-pyrrole nitrogens is 1. The van der Waals surface area contributed by atoms with Crippen molar-refractivity contribution < 1.29 is 9.21 Å². The Bertz CT molecular complexity index is 850. The van der Waals surface area contributed by atoms with Crippen molar-refractivity contribution in [3.05, 3.63) is 16.7 Å². The Morgan fingerprint density at radius 3 is 3.04 bits per heavy atom. The summed E-state index contributed by atoms with van der Waals surface area (Å²) in [6, 6.07) is 0.0993. The number of piperidine rings is 1. The lowest BCUT2D eigenvalue weighted by Crippen LogP contribution is -2.55. The van der Waals surface area contributed by atoms with Gasteiger partial charge in [0.25, 0.3) is 0 Å². The molecule has 0 aromatic carbocycles. The number of carbonyl (C=O) groups excluding carboxylic acids is 1. The number of carbonyl (C=O) groups is 1. The van der Waals surface area contributed by atoms with Crippen molar-refractivity contribution in [2.24, 2.45) is 11.8 Å². The summed E-state index contributed by atoms with van der Waals surface area (Å²) in [5.41, 5.74) is 0.636. The van der Waals surface area contributed by atoms with Gasteiger partial charge in [0.1, 0.15) is 0 Å². The fraction of sp³-hybridized carbons (Fsp3) is 0.625. The van der Waals surface area contributed by atoms with Gasteiger partial charge in [-0.3, -0.25) is 9.78 Å². The number of aromatic amines is 1. The average Bonchev–Trinajstić information content (AvgIpc) is 2.93. The lowest BCUT2D eigenvalue weighted by molar-refractivity contribution is -0.130. The van der Waals surface area contributed by atoms with E-state index in [9.17, 15) is 9.59 Å². The number of oxazole rings is 1. The number of aromatic nitrogens is 3. The molecule has 3 N–H and O–H groups in total. The zero-order valence-electron chi connectivity index (χ0n) is 13.8. The molecule has 0 spiro atoms. The fourth-order valence-electron chi connectivity index (χ4n) is 3.94. The van der Waals surface area contributed by atoms with Crippen LogP contribution in [0.5, 0.6) is 0 Å². The standard InChI is InChI=1S/C16H20ClN5O3/c1-7(19-15-18-6-12-13(21-15)22-16(24)25-12)10-5-8-4-9(17)2-3-11(8)20-14(10)23/h6-11H,2-5H2,1H3,(H,20,23)(H2,18,19,21,22,24)/t7-,8?,9?,10?,11?/m0/s1. The number of amides is 1. The average molecular weight is 366 g/mol. The van der Waals surface area contributed by atoms with Gasteiger partial charge in [-0.15, -0.1) is 11.6 Å². The molecule has 4 rings (SSSR count). The third-order valence-electron chi connectivity index (χ3n) is 5.28. The van der Waals surface area contributed by atoms with Gasteiger partial charge in [0.05, 0.1) is 12.1 Å². The van der Waals surface area contributed by atoms with Crippen molar-refractivity contribution in [1.82, 2.24) is 20.3 Å². The van der Waals surface area contributed by atoms with Crippen LogP contribution in [0.3, 0.4) is 0 Å². The van der Waals surface area contributed by atoms with E-state index in [1.807, 2.05) is 6.92 Å². The van der Waals surface area contributed by atoms with Crippen molar-refractivity contribution in [3.8, 4) is 0 Å². The van der Waals surface area contributed by atoms with Crippen molar-refractivity contribution >= 4 is 34.7 Å². The van der Waals surface area contributed by atoms with Crippen LogP contribution in [0.1, 0.15) is 32.6 Å². The van der Waals surface area contributed by atoms with Crippen LogP contribution in [0, 0.1) is 11.8 Å². The van der Waals surface area contributed by atoms with E-state index in [0.29, 0.717) is 23.1 Å². The molecule has 1 saturated heterocycles. The van der Waals surface area contributed by atoms with E-state index in [-0.39, 0.29) is 29.3 Å². The van der Waals surface area contributed by atoms with E-state index in [1.54, 1.807) is 0 Å². The molecule has 25 heavy (non-hydrogen) atoms. The fourth-order valence-corrected chi connectivity index (χ4v) is 4.30. The molecular formula is C16H20ClN5O3. The smallest absolute Gasteiger partial charge is 0.404 e. The van der Waals surface area contributed by atoms with Crippen LogP contribution in [0.15, 0.2) is 15.4 Å². The van der Waals surface area contributed by atoms with Crippen LogP contribution in [-0.2, 0) is 4.79 Å². The van der Waals surface area contributed by atoms with Crippen LogP contribution in [0.4, 0.5) is 5.95 Å². The zero-order chi connectivity index (χ0) is 17.6. The highest BCUT2D eigenvalue weighted by molar-refractivity contribution is 6.20. The Kier molecular flexibility index (Phi) is 4.15. The molecule has 2 aromatic rings. The van der Waals surface area contributed by atoms with Crippen LogP contribution in [0.2, 0.25) is 0 Å². The normalized spacial score (nSPS) is 30.6. The summed E-state index contributed by atoms with van der Waals surface area (Å²) in [6.45, 7) is 1.94. The van der Waals surface area contributed by atoms with Crippen LogP contribution >= 0.6 is 11.6 Å². The minimum atomic E-state index is -0.569. The minimum Gasteiger partial charge on any atom is -0.404 e. The molecule has 3 heterocycles. The lowest BCUT2D eigenvalue weighted by atomic mass is 9.74. The second-order valence-electron chi connectivity index (χ2n) is 6.98. The van der Waals surface area contributed by atoms with Gasteiger partial charge in [-0.25, -0.2) is 9.78 Å². The third-order valence-corrected chi connectivity index (χ3v) is 5.67. The summed E-state index contributed by atoms with van der Waals surface area (Å²) < 4.78 is 4.89. The molecule has 9 heteroatoms. The summed E-state index contributed by atoms with van der Waals surface area (Å²) in [5, 5.41) is 6.52. The Labute approximate surface area is 148 Å². The second-order valence-corrected chi connectivity index (χ2v) is 7.60. The number of hydrogen-bond donors (Lipinski definition) is 3. The summed E-state index contributed by atoms with van der Waals surface area (Å²) in [7, 11) is 0. The Morgan fingerprint density at radius 2 is 2.20 bits per heavy atom. The first-order valence-corrected chi connectivity index (χ1v) is 9.00. The number of halogens is 1. The van der Waals surface area contributed by atoms with Gasteiger partial charge in [0, 0.05) is 17.5 Å². The van der Waals surface area contributed by atoms with Gasteiger partial charge in [-0.1, -0.05) is 0 Å². The van der Waals surface area contributed by atoms with Crippen molar-refractivity contribution in [3.63, 3.8) is 0 Å². The van der Waals surface area contributed by atoms with Crippen LogP contribution < -0.4 is 16.4 Å². The van der Waals surface area contributed by atoms with E-state index in [0.717, 1.165) is 25.7 Å². The molecule has 1 saturated carbocycles. The Hall–Kier alpha value is -2.09. The molecule has 5 atom stereocenters. The Morgan fingerprint density at radius 1 is 1.36 bits per heavy atom. The summed E-state index contributed by atoms with van der Waals surface area (Å²) in [4.78, 5) is 34.6. The number of nitrogens with zero attached hydrogens (tertiary/aromatic N) is 2. The molecule has 4 unspecified atom stereocenters. The monoisotopic (exact) mass is 365 g/mol. The first-order valence-electron chi connectivity index (χ1n) is 8.56. The molecule has 0 bridgehead atoms. The Balaban J connectivity index is 1.48. The number of anilines is 1. The van der Waals surface area contributed by atoms with Gasteiger partial charge in [-0.2, -0.15) is 4.98 Å². The van der Waals surface area contributed by atoms with E-state index in [4.69, 9.17) is 16.0 Å². The molecule has 1 aliphatic heterocycles. The van der Waals surface area contributed by atoms with Crippen molar-refractivity contribution in [2.75, 3.05) is 5.32 Å².